The van der Waals surface area contributed by atoms with Crippen LogP contribution in [0.4, 0.5) is 21.2 Å². The van der Waals surface area contributed by atoms with E-state index in [4.69, 9.17) is 18.9 Å². The van der Waals surface area contributed by atoms with Gasteiger partial charge < -0.3 is 29.6 Å². The van der Waals surface area contributed by atoms with Gasteiger partial charge in [-0.3, -0.25) is 9.69 Å². The van der Waals surface area contributed by atoms with Crippen LogP contribution in [0, 0.1) is 0 Å². The third-order valence-electron chi connectivity index (χ3n) is 5.43. The van der Waals surface area contributed by atoms with E-state index in [2.05, 4.69) is 15.6 Å². The number of carbonyl (C=O) groups is 3. The van der Waals surface area contributed by atoms with Gasteiger partial charge in [-0.15, -0.1) is 0 Å². The van der Waals surface area contributed by atoms with Crippen molar-refractivity contribution in [1.29, 1.82) is 0 Å². The molecule has 2 aliphatic rings. The molecule has 0 spiro atoms. The van der Waals surface area contributed by atoms with Crippen molar-refractivity contribution in [2.75, 3.05) is 30.0 Å². The summed E-state index contributed by atoms with van der Waals surface area (Å²) in [6.07, 6.45) is -1.40. The minimum Gasteiger partial charge on any atom is -0.480 e. The van der Waals surface area contributed by atoms with Crippen molar-refractivity contribution in [1.82, 2.24) is 10.3 Å². The van der Waals surface area contributed by atoms with Gasteiger partial charge in [0.05, 0.1) is 19.3 Å². The summed E-state index contributed by atoms with van der Waals surface area (Å²) in [5.41, 5.74) is 0.363. The van der Waals surface area contributed by atoms with E-state index in [-0.39, 0.29) is 30.7 Å². The number of alkyl carbamates (subject to hydrolysis) is 1. The molecule has 4 rings (SSSR count). The fraction of sp³-hybridized carbons (Fsp3) is 0.440. The predicted octanol–water partition coefficient (Wildman–Crippen LogP) is 3.24. The van der Waals surface area contributed by atoms with Crippen LogP contribution in [-0.2, 0) is 25.6 Å². The lowest BCUT2D eigenvalue weighted by Crippen LogP contribution is -2.47. The molecule has 1 aromatic carbocycles. The molecule has 2 unspecified atom stereocenters. The number of anilines is 2. The number of ether oxygens (including phenoxy) is 4. The van der Waals surface area contributed by atoms with Crippen LogP contribution in [0.1, 0.15) is 32.8 Å². The third-order valence-corrected chi connectivity index (χ3v) is 5.43. The lowest BCUT2D eigenvalue weighted by atomic mass is 10.1. The molecular formula is C25H30N4O7. The smallest absolute Gasteiger partial charge is 0.416 e. The molecule has 36 heavy (non-hydrogen) atoms. The molecule has 0 radical (unpaired) electrons. The van der Waals surface area contributed by atoms with E-state index in [1.54, 1.807) is 32.9 Å². The van der Waals surface area contributed by atoms with Crippen molar-refractivity contribution >= 4 is 29.7 Å². The Morgan fingerprint density at radius 1 is 1.19 bits per heavy atom. The first-order valence-electron chi connectivity index (χ1n) is 11.7. The summed E-state index contributed by atoms with van der Waals surface area (Å²) >= 11 is 0. The van der Waals surface area contributed by atoms with Crippen LogP contribution in [0.3, 0.4) is 0 Å². The Labute approximate surface area is 209 Å². The molecule has 2 aliphatic heterocycles. The van der Waals surface area contributed by atoms with Crippen molar-refractivity contribution in [2.24, 2.45) is 0 Å². The number of benzene rings is 1. The highest BCUT2D eigenvalue weighted by Crippen LogP contribution is 2.33. The van der Waals surface area contributed by atoms with Crippen molar-refractivity contribution in [3.8, 4) is 5.75 Å². The number of pyridine rings is 1. The Morgan fingerprint density at radius 3 is 2.72 bits per heavy atom. The lowest BCUT2D eigenvalue weighted by molar-refractivity contribution is -0.118. The number of hydrogen-bond acceptors (Lipinski definition) is 8. The number of amides is 3. The Kier molecular flexibility index (Phi) is 7.58. The fourth-order valence-electron chi connectivity index (χ4n) is 3.86. The topological polar surface area (TPSA) is 128 Å². The second-order valence-electron chi connectivity index (χ2n) is 9.42. The zero-order chi connectivity index (χ0) is 25.7. The predicted molar refractivity (Wildman–Crippen MR) is 130 cm³/mol. The van der Waals surface area contributed by atoms with Gasteiger partial charge in [0.15, 0.2) is 18.2 Å². The second-order valence-corrected chi connectivity index (χ2v) is 9.42. The molecule has 0 bridgehead atoms. The molecule has 0 saturated carbocycles. The van der Waals surface area contributed by atoms with E-state index in [0.717, 1.165) is 5.56 Å². The molecule has 11 nitrogen and oxygen atoms in total. The SMILES string of the molecule is CC(C)(C)OC(=O)NCC1C(CCOCc2ccccc2)OC(=O)N1c1ccc2c(n1)NC(=O)CO2. The maximum Gasteiger partial charge on any atom is 0.416 e. The Balaban J connectivity index is 1.47. The number of nitrogens with one attached hydrogen (secondary N) is 2. The molecule has 2 atom stereocenters. The van der Waals surface area contributed by atoms with Crippen molar-refractivity contribution in [2.45, 2.75) is 51.5 Å². The van der Waals surface area contributed by atoms with Gasteiger partial charge in [0.1, 0.15) is 17.5 Å². The minimum absolute atomic E-state index is 0.0611. The van der Waals surface area contributed by atoms with Crippen LogP contribution in [0.15, 0.2) is 42.5 Å². The van der Waals surface area contributed by atoms with Crippen LogP contribution in [0.2, 0.25) is 0 Å². The van der Waals surface area contributed by atoms with Crippen LogP contribution >= 0.6 is 0 Å². The molecule has 2 aromatic rings. The van der Waals surface area contributed by atoms with Gasteiger partial charge >= 0.3 is 12.2 Å². The van der Waals surface area contributed by atoms with Crippen LogP contribution < -0.4 is 20.3 Å². The first-order valence-corrected chi connectivity index (χ1v) is 11.7. The van der Waals surface area contributed by atoms with E-state index < -0.39 is 29.9 Å². The number of cyclic esters (lactones) is 1. The highest BCUT2D eigenvalue weighted by molar-refractivity contribution is 5.95. The van der Waals surface area contributed by atoms with Crippen molar-refractivity contribution in [3.05, 3.63) is 48.0 Å². The number of nitrogens with zero attached hydrogens (tertiary/aromatic N) is 2. The van der Waals surface area contributed by atoms with E-state index in [1.807, 2.05) is 30.3 Å². The molecule has 1 fully saturated rings. The van der Waals surface area contributed by atoms with Gasteiger partial charge in [0.25, 0.3) is 5.91 Å². The van der Waals surface area contributed by atoms with Gasteiger partial charge in [-0.05, 0) is 38.5 Å². The van der Waals surface area contributed by atoms with Crippen LogP contribution in [-0.4, -0.2) is 60.6 Å². The van der Waals surface area contributed by atoms with Crippen LogP contribution in [0.5, 0.6) is 5.75 Å². The molecule has 1 aromatic heterocycles. The summed E-state index contributed by atoms with van der Waals surface area (Å²) in [6, 6.07) is 12.4. The van der Waals surface area contributed by atoms with Gasteiger partial charge in [-0.1, -0.05) is 30.3 Å². The zero-order valence-corrected chi connectivity index (χ0v) is 20.5. The molecule has 11 heteroatoms. The van der Waals surface area contributed by atoms with E-state index in [1.165, 1.54) is 4.90 Å². The Morgan fingerprint density at radius 2 is 1.97 bits per heavy atom. The number of fused-ring (bicyclic) bond motifs is 1. The first-order chi connectivity index (χ1) is 17.2. The summed E-state index contributed by atoms with van der Waals surface area (Å²) in [5.74, 6) is 0.534. The Hall–Kier alpha value is -3.86. The zero-order valence-electron chi connectivity index (χ0n) is 20.5. The fourth-order valence-corrected chi connectivity index (χ4v) is 3.86. The number of carbonyl (C=O) groups excluding carboxylic acids is 3. The largest absolute Gasteiger partial charge is 0.480 e. The molecule has 0 aliphatic carbocycles. The highest BCUT2D eigenvalue weighted by atomic mass is 16.6. The molecular weight excluding hydrogens is 468 g/mol. The average molecular weight is 499 g/mol. The Bertz CT molecular complexity index is 1100. The third kappa shape index (κ3) is 6.42. The maximum absolute atomic E-state index is 12.9. The number of aromatic nitrogens is 1. The van der Waals surface area contributed by atoms with Crippen molar-refractivity contribution < 1.29 is 33.3 Å². The van der Waals surface area contributed by atoms with Gasteiger partial charge in [-0.25, -0.2) is 14.6 Å². The summed E-state index contributed by atoms with van der Waals surface area (Å²) in [7, 11) is 0. The molecule has 1 saturated heterocycles. The normalized spacial score (nSPS) is 19.1. The second kappa shape index (κ2) is 10.8. The number of hydrogen-bond donors (Lipinski definition) is 2. The molecule has 3 heterocycles. The number of rotatable bonds is 8. The molecule has 2 N–H and O–H groups in total. The average Bonchev–Trinajstić information content (AvgIpc) is 3.14. The van der Waals surface area contributed by atoms with Crippen LogP contribution in [0.25, 0.3) is 0 Å². The first kappa shape index (κ1) is 25.2. The van der Waals surface area contributed by atoms with E-state index in [0.29, 0.717) is 25.4 Å². The van der Waals surface area contributed by atoms with E-state index in [9.17, 15) is 14.4 Å². The van der Waals surface area contributed by atoms with Gasteiger partial charge in [-0.2, -0.15) is 0 Å². The highest BCUT2D eigenvalue weighted by Gasteiger charge is 2.43. The standard InChI is InChI=1S/C25H30N4O7/c1-25(2,3)36-23(31)26-13-17-18(11-12-33-14-16-7-5-4-6-8-16)35-24(32)29(17)20-10-9-19-22(27-20)28-21(30)15-34-19/h4-10,17-18H,11-15H2,1-3H3,(H,26,31)(H,27,28,30). The minimum atomic E-state index is -0.672. The van der Waals surface area contributed by atoms with Crippen molar-refractivity contribution in [3.63, 3.8) is 0 Å². The summed E-state index contributed by atoms with van der Waals surface area (Å²) in [5, 5.41) is 5.35. The monoisotopic (exact) mass is 498 g/mol. The van der Waals surface area contributed by atoms with E-state index >= 15 is 0 Å². The van der Waals surface area contributed by atoms with Gasteiger partial charge in [0.2, 0.25) is 0 Å². The summed E-state index contributed by atoms with van der Waals surface area (Å²) < 4.78 is 22.1. The summed E-state index contributed by atoms with van der Waals surface area (Å²) in [4.78, 5) is 42.7. The molecule has 3 amide bonds. The maximum atomic E-state index is 12.9. The molecule has 192 valence electrons. The lowest BCUT2D eigenvalue weighted by Gasteiger charge is -2.26. The van der Waals surface area contributed by atoms with Gasteiger partial charge in [0, 0.05) is 13.0 Å². The quantitative estimate of drug-likeness (QED) is 0.531. The summed E-state index contributed by atoms with van der Waals surface area (Å²) in [6.45, 7) is 6.02.